The molecule has 1 aromatic carbocycles. The van der Waals surface area contributed by atoms with E-state index in [4.69, 9.17) is 4.74 Å². The first-order chi connectivity index (χ1) is 10.1. The van der Waals surface area contributed by atoms with E-state index < -0.39 is 0 Å². The summed E-state index contributed by atoms with van der Waals surface area (Å²) in [6.07, 6.45) is 5.72. The van der Waals surface area contributed by atoms with Gasteiger partial charge in [-0.1, -0.05) is 45.7 Å². The van der Waals surface area contributed by atoms with E-state index >= 15 is 0 Å². The van der Waals surface area contributed by atoms with Crippen LogP contribution in [0, 0.1) is 23.2 Å². The Morgan fingerprint density at radius 1 is 1.33 bits per heavy atom. The maximum atomic E-state index is 9.37. The molecule has 0 saturated heterocycles. The summed E-state index contributed by atoms with van der Waals surface area (Å²) in [5, 5.41) is 9.37. The smallest absolute Gasteiger partial charge is 0.120 e. The molecule has 0 aliphatic heterocycles. The molecule has 1 fully saturated rings. The molecule has 2 rings (SSSR count). The fourth-order valence-corrected chi connectivity index (χ4v) is 3.28. The van der Waals surface area contributed by atoms with Gasteiger partial charge in [0.2, 0.25) is 0 Å². The normalized spacial score (nSPS) is 25.6. The van der Waals surface area contributed by atoms with Crippen molar-refractivity contribution in [3.63, 3.8) is 0 Å². The van der Waals surface area contributed by atoms with Crippen LogP contribution in [0.2, 0.25) is 0 Å². The van der Waals surface area contributed by atoms with E-state index in [2.05, 4.69) is 45.0 Å². The Labute approximate surface area is 129 Å². The van der Waals surface area contributed by atoms with Crippen molar-refractivity contribution in [1.82, 2.24) is 0 Å². The summed E-state index contributed by atoms with van der Waals surface area (Å²) in [5.74, 6) is 2.18. The summed E-state index contributed by atoms with van der Waals surface area (Å²) in [7, 11) is 0. The summed E-state index contributed by atoms with van der Waals surface area (Å²) < 4.78 is 6.20. The molecule has 21 heavy (non-hydrogen) atoms. The third-order valence-corrected chi connectivity index (χ3v) is 4.58. The van der Waals surface area contributed by atoms with Crippen LogP contribution >= 0.6 is 0 Å². The van der Waals surface area contributed by atoms with E-state index in [1.165, 1.54) is 24.8 Å². The van der Waals surface area contributed by atoms with Gasteiger partial charge in [-0.2, -0.15) is 5.26 Å². The average Bonchev–Trinajstić information content (AvgIpc) is 2.48. The fraction of sp³-hybridized carbons (Fsp3) is 0.632. The first kappa shape index (κ1) is 15.9. The molecule has 1 aliphatic rings. The quantitative estimate of drug-likeness (QED) is 0.735. The molecule has 2 nitrogen and oxygen atoms in total. The highest BCUT2D eigenvalue weighted by molar-refractivity contribution is 5.30. The second kappa shape index (κ2) is 7.50. The number of hydrogen-bond donors (Lipinski definition) is 0. The topological polar surface area (TPSA) is 33.0 Å². The third-order valence-electron chi connectivity index (χ3n) is 4.58. The van der Waals surface area contributed by atoms with Crippen LogP contribution in [-0.4, -0.2) is 6.10 Å². The maximum Gasteiger partial charge on any atom is 0.120 e. The predicted octanol–water partition coefficient (Wildman–Crippen LogP) is 5.30. The zero-order valence-electron chi connectivity index (χ0n) is 13.5. The van der Waals surface area contributed by atoms with Crippen LogP contribution in [0.1, 0.15) is 64.4 Å². The van der Waals surface area contributed by atoms with E-state index in [1.807, 2.05) is 6.07 Å². The monoisotopic (exact) mass is 285 g/mol. The predicted molar refractivity (Wildman–Crippen MR) is 86.3 cm³/mol. The molecular formula is C19H27NO. The Kier molecular flexibility index (Phi) is 5.67. The molecule has 2 heteroatoms. The molecule has 1 aliphatic carbocycles. The number of benzene rings is 1. The van der Waals surface area contributed by atoms with Crippen molar-refractivity contribution in [1.29, 1.82) is 5.26 Å². The number of nitrogens with zero attached hydrogens (tertiary/aromatic N) is 1. The summed E-state index contributed by atoms with van der Waals surface area (Å²) in [6, 6.07) is 10.8. The van der Waals surface area contributed by atoms with Gasteiger partial charge < -0.3 is 4.74 Å². The lowest BCUT2D eigenvalue weighted by Crippen LogP contribution is -2.33. The fourth-order valence-electron chi connectivity index (χ4n) is 3.28. The Morgan fingerprint density at radius 3 is 2.81 bits per heavy atom. The van der Waals surface area contributed by atoms with Crippen molar-refractivity contribution in [2.75, 3.05) is 0 Å². The highest BCUT2D eigenvalue weighted by Crippen LogP contribution is 2.34. The highest BCUT2D eigenvalue weighted by Gasteiger charge is 2.31. The van der Waals surface area contributed by atoms with Crippen LogP contribution in [0.4, 0.5) is 0 Å². The molecule has 0 aromatic heterocycles. The molecule has 0 radical (unpaired) electrons. The van der Waals surface area contributed by atoms with Crippen molar-refractivity contribution in [3.05, 3.63) is 29.8 Å². The number of ether oxygens (including phenoxy) is 1. The zero-order chi connectivity index (χ0) is 15.2. The Hall–Kier alpha value is -1.49. The Balaban J connectivity index is 2.07. The van der Waals surface area contributed by atoms with Crippen LogP contribution in [0.3, 0.4) is 0 Å². The molecule has 0 bridgehead atoms. The number of rotatable bonds is 5. The van der Waals surface area contributed by atoms with E-state index in [0.717, 1.165) is 24.5 Å². The molecule has 3 unspecified atom stereocenters. The average molecular weight is 285 g/mol. The van der Waals surface area contributed by atoms with Crippen LogP contribution < -0.4 is 4.74 Å². The van der Waals surface area contributed by atoms with Gasteiger partial charge in [0.25, 0.3) is 0 Å². The summed E-state index contributed by atoms with van der Waals surface area (Å²) in [5.41, 5.74) is 1.29. The third kappa shape index (κ3) is 4.24. The van der Waals surface area contributed by atoms with Gasteiger partial charge in [0.05, 0.1) is 12.0 Å². The molecule has 1 saturated carbocycles. The first-order valence-electron chi connectivity index (χ1n) is 8.30. The van der Waals surface area contributed by atoms with Crippen molar-refractivity contribution in [2.24, 2.45) is 11.8 Å². The maximum absolute atomic E-state index is 9.37. The van der Waals surface area contributed by atoms with Gasteiger partial charge in [-0.25, -0.2) is 0 Å². The largest absolute Gasteiger partial charge is 0.489 e. The number of nitriles is 1. The van der Waals surface area contributed by atoms with Gasteiger partial charge in [0.1, 0.15) is 11.9 Å². The SMILES string of the molecule is CCCC1CCC(C#N)C(Oc2cccc(C(C)C)c2)C1. The lowest BCUT2D eigenvalue weighted by atomic mass is 9.78. The van der Waals surface area contributed by atoms with Gasteiger partial charge in [-0.3, -0.25) is 0 Å². The minimum atomic E-state index is 0.0424. The highest BCUT2D eigenvalue weighted by atomic mass is 16.5. The Morgan fingerprint density at radius 2 is 2.14 bits per heavy atom. The standard InChI is InChI=1S/C19H27NO/c1-4-6-15-9-10-17(13-20)19(11-15)21-18-8-5-7-16(12-18)14(2)3/h5,7-8,12,14-15,17,19H,4,6,9-11H2,1-3H3. The van der Waals surface area contributed by atoms with Crippen molar-refractivity contribution in [2.45, 2.75) is 64.9 Å². The molecule has 0 amide bonds. The Bertz CT molecular complexity index is 489. The molecule has 0 spiro atoms. The van der Waals surface area contributed by atoms with Crippen LogP contribution in [0.5, 0.6) is 5.75 Å². The van der Waals surface area contributed by atoms with Crippen molar-refractivity contribution in [3.8, 4) is 11.8 Å². The minimum Gasteiger partial charge on any atom is -0.489 e. The first-order valence-corrected chi connectivity index (χ1v) is 8.30. The molecule has 3 atom stereocenters. The van der Waals surface area contributed by atoms with E-state index in [9.17, 15) is 5.26 Å². The van der Waals surface area contributed by atoms with E-state index in [-0.39, 0.29) is 12.0 Å². The summed E-state index contributed by atoms with van der Waals surface area (Å²) in [4.78, 5) is 0. The molecule has 114 valence electrons. The van der Waals surface area contributed by atoms with Gasteiger partial charge >= 0.3 is 0 Å². The number of hydrogen-bond acceptors (Lipinski definition) is 2. The van der Waals surface area contributed by atoms with Gasteiger partial charge in [0, 0.05) is 0 Å². The van der Waals surface area contributed by atoms with Gasteiger partial charge in [-0.05, 0) is 48.8 Å². The van der Waals surface area contributed by atoms with Crippen LogP contribution in [0.15, 0.2) is 24.3 Å². The van der Waals surface area contributed by atoms with Crippen molar-refractivity contribution >= 4 is 0 Å². The molecule has 0 heterocycles. The summed E-state index contributed by atoms with van der Waals surface area (Å²) in [6.45, 7) is 6.61. The molecule has 0 N–H and O–H groups in total. The molecular weight excluding hydrogens is 258 g/mol. The van der Waals surface area contributed by atoms with E-state index in [0.29, 0.717) is 5.92 Å². The van der Waals surface area contributed by atoms with Gasteiger partial charge in [0.15, 0.2) is 0 Å². The van der Waals surface area contributed by atoms with Crippen molar-refractivity contribution < 1.29 is 4.74 Å². The van der Waals surface area contributed by atoms with Gasteiger partial charge in [-0.15, -0.1) is 0 Å². The lowest BCUT2D eigenvalue weighted by molar-refractivity contribution is 0.0874. The summed E-state index contributed by atoms with van der Waals surface area (Å²) >= 11 is 0. The van der Waals surface area contributed by atoms with Crippen LogP contribution in [-0.2, 0) is 0 Å². The lowest BCUT2D eigenvalue weighted by Gasteiger charge is -2.33. The molecule has 1 aromatic rings. The van der Waals surface area contributed by atoms with Crippen LogP contribution in [0.25, 0.3) is 0 Å². The zero-order valence-corrected chi connectivity index (χ0v) is 13.5. The second-order valence-corrected chi connectivity index (χ2v) is 6.59. The van der Waals surface area contributed by atoms with E-state index in [1.54, 1.807) is 0 Å². The minimum absolute atomic E-state index is 0.0424. The second-order valence-electron chi connectivity index (χ2n) is 6.59.